The van der Waals surface area contributed by atoms with Crippen LogP contribution < -0.4 is 0 Å². The van der Waals surface area contributed by atoms with Crippen LogP contribution in [0.1, 0.15) is 43.6 Å². The normalized spacial score (nSPS) is 18.4. The molecule has 1 N–H and O–H groups in total. The van der Waals surface area contributed by atoms with E-state index in [-0.39, 0.29) is 17.9 Å². The van der Waals surface area contributed by atoms with Crippen molar-refractivity contribution in [3.8, 4) is 0 Å². The molecule has 116 valence electrons. The Hall–Kier alpha value is -1.95. The highest BCUT2D eigenvalue weighted by atomic mass is 32.1. The van der Waals surface area contributed by atoms with Crippen molar-refractivity contribution in [1.82, 2.24) is 19.7 Å². The lowest BCUT2D eigenvalue weighted by Gasteiger charge is -2.17. The highest BCUT2D eigenvalue weighted by Crippen LogP contribution is 2.29. The molecule has 1 aliphatic rings. The first-order valence-corrected chi connectivity index (χ1v) is 7.95. The van der Waals surface area contributed by atoms with Crippen molar-refractivity contribution in [3.63, 3.8) is 0 Å². The number of carbonyl (C=O) groups excluding carboxylic acids is 1. The summed E-state index contributed by atoms with van der Waals surface area (Å²) in [6.07, 6.45) is 0.499. The van der Waals surface area contributed by atoms with E-state index in [1.54, 1.807) is 0 Å². The van der Waals surface area contributed by atoms with Gasteiger partial charge in [-0.15, -0.1) is 0 Å². The molecule has 2 aromatic rings. The molecular weight excluding hydrogens is 296 g/mol. The van der Waals surface area contributed by atoms with Crippen molar-refractivity contribution >= 4 is 18.1 Å². The monoisotopic (exact) mass is 316 g/mol. The average Bonchev–Trinajstić information content (AvgIpc) is 3.04. The molecule has 22 heavy (non-hydrogen) atoms. The summed E-state index contributed by atoms with van der Waals surface area (Å²) in [6, 6.07) is 10.3. The van der Waals surface area contributed by atoms with E-state index in [0.717, 1.165) is 11.4 Å². The van der Waals surface area contributed by atoms with Gasteiger partial charge in [-0.05, 0) is 31.6 Å². The van der Waals surface area contributed by atoms with E-state index in [0.29, 0.717) is 24.3 Å². The fourth-order valence-electron chi connectivity index (χ4n) is 3.01. The molecule has 1 fully saturated rings. The van der Waals surface area contributed by atoms with Gasteiger partial charge in [-0.25, -0.2) is 0 Å². The Balaban J connectivity index is 1.79. The van der Waals surface area contributed by atoms with Crippen LogP contribution in [-0.2, 0) is 11.3 Å². The summed E-state index contributed by atoms with van der Waals surface area (Å²) in [7, 11) is 0. The second kappa shape index (κ2) is 6.04. The van der Waals surface area contributed by atoms with Crippen LogP contribution in [0.5, 0.6) is 0 Å². The van der Waals surface area contributed by atoms with Gasteiger partial charge in [-0.1, -0.05) is 30.3 Å². The average molecular weight is 316 g/mol. The van der Waals surface area contributed by atoms with Crippen molar-refractivity contribution < 1.29 is 4.79 Å². The minimum absolute atomic E-state index is 0.103. The van der Waals surface area contributed by atoms with Crippen LogP contribution in [0, 0.1) is 4.77 Å². The maximum atomic E-state index is 12.3. The molecule has 0 bridgehead atoms. The van der Waals surface area contributed by atoms with E-state index in [1.807, 2.05) is 39.8 Å². The molecule has 0 radical (unpaired) electrons. The topological polar surface area (TPSA) is 53.9 Å². The third-order valence-electron chi connectivity index (χ3n) is 4.04. The summed E-state index contributed by atoms with van der Waals surface area (Å²) in [5, 5.41) is 7.22. The molecule has 1 saturated heterocycles. The molecule has 1 amide bonds. The first-order chi connectivity index (χ1) is 10.6. The second-order valence-electron chi connectivity index (χ2n) is 6.01. The second-order valence-corrected chi connectivity index (χ2v) is 6.40. The third-order valence-corrected chi connectivity index (χ3v) is 4.33. The van der Waals surface area contributed by atoms with Crippen molar-refractivity contribution in [2.24, 2.45) is 0 Å². The van der Waals surface area contributed by atoms with Crippen LogP contribution in [0.15, 0.2) is 30.3 Å². The molecule has 1 unspecified atom stereocenters. The zero-order valence-electron chi connectivity index (χ0n) is 12.8. The Labute approximate surface area is 135 Å². The Kier molecular flexibility index (Phi) is 4.11. The fourth-order valence-corrected chi connectivity index (χ4v) is 3.36. The van der Waals surface area contributed by atoms with Gasteiger partial charge in [0.05, 0.1) is 0 Å². The number of nitrogens with one attached hydrogen (secondary N) is 1. The largest absolute Gasteiger partial charge is 0.338 e. The highest BCUT2D eigenvalue weighted by Gasteiger charge is 2.34. The number of amides is 1. The Morgan fingerprint density at radius 3 is 2.77 bits per heavy atom. The number of carbonyl (C=O) groups is 1. The molecule has 1 aromatic heterocycles. The predicted octanol–water partition coefficient (Wildman–Crippen LogP) is 3.04. The van der Waals surface area contributed by atoms with Gasteiger partial charge in [0.2, 0.25) is 5.91 Å². The standard InChI is InChI=1S/C16H20N4OS/c1-11(2)20-15(17-18-16(20)22)13-8-14(21)19(10-13)9-12-6-4-3-5-7-12/h3-7,11,13H,8-10H2,1-2H3,(H,18,22). The SMILES string of the molecule is CC(C)n1c(C2CC(=O)N(Cc3ccccc3)C2)n[nH]c1=S. The number of benzene rings is 1. The van der Waals surface area contributed by atoms with Gasteiger partial charge >= 0.3 is 0 Å². The Morgan fingerprint density at radius 1 is 1.36 bits per heavy atom. The number of hydrogen-bond acceptors (Lipinski definition) is 3. The summed E-state index contributed by atoms with van der Waals surface area (Å²) in [5.41, 5.74) is 1.15. The molecule has 0 aliphatic carbocycles. The van der Waals surface area contributed by atoms with E-state index >= 15 is 0 Å². The lowest BCUT2D eigenvalue weighted by Crippen LogP contribution is -2.24. The molecule has 2 heterocycles. The molecule has 1 aliphatic heterocycles. The van der Waals surface area contributed by atoms with Crippen molar-refractivity contribution in [2.75, 3.05) is 6.54 Å². The van der Waals surface area contributed by atoms with Crippen molar-refractivity contribution in [3.05, 3.63) is 46.5 Å². The highest BCUT2D eigenvalue weighted by molar-refractivity contribution is 7.71. The fraction of sp³-hybridized carbons (Fsp3) is 0.438. The van der Waals surface area contributed by atoms with Crippen molar-refractivity contribution in [2.45, 2.75) is 38.8 Å². The van der Waals surface area contributed by atoms with E-state index in [4.69, 9.17) is 12.2 Å². The number of aromatic nitrogens is 3. The van der Waals surface area contributed by atoms with E-state index < -0.39 is 0 Å². The van der Waals surface area contributed by atoms with Crippen LogP contribution in [0.4, 0.5) is 0 Å². The third kappa shape index (κ3) is 2.83. The summed E-state index contributed by atoms with van der Waals surface area (Å²) in [5.74, 6) is 1.17. The molecule has 1 atom stereocenters. The van der Waals surface area contributed by atoms with E-state index in [1.165, 1.54) is 0 Å². The van der Waals surface area contributed by atoms with Crippen LogP contribution in [0.2, 0.25) is 0 Å². The number of nitrogens with zero attached hydrogens (tertiary/aromatic N) is 3. The summed E-state index contributed by atoms with van der Waals surface area (Å²) in [6.45, 7) is 5.50. The lowest BCUT2D eigenvalue weighted by atomic mass is 10.1. The molecule has 1 aromatic carbocycles. The summed E-state index contributed by atoms with van der Waals surface area (Å²) >= 11 is 5.29. The predicted molar refractivity (Wildman–Crippen MR) is 87.0 cm³/mol. The van der Waals surface area contributed by atoms with Gasteiger partial charge in [0.1, 0.15) is 5.82 Å². The van der Waals surface area contributed by atoms with Gasteiger partial charge in [0, 0.05) is 31.5 Å². The smallest absolute Gasteiger partial charge is 0.223 e. The quantitative estimate of drug-likeness (QED) is 0.882. The number of likely N-dealkylation sites (tertiary alicyclic amines) is 1. The molecule has 5 nitrogen and oxygen atoms in total. The minimum atomic E-state index is 0.103. The van der Waals surface area contributed by atoms with Gasteiger partial charge in [0.15, 0.2) is 4.77 Å². The maximum absolute atomic E-state index is 12.3. The van der Waals surface area contributed by atoms with Gasteiger partial charge in [-0.3, -0.25) is 9.89 Å². The molecule has 3 rings (SSSR count). The van der Waals surface area contributed by atoms with Gasteiger partial charge in [-0.2, -0.15) is 5.10 Å². The van der Waals surface area contributed by atoms with E-state index in [9.17, 15) is 4.79 Å². The van der Waals surface area contributed by atoms with Crippen LogP contribution >= 0.6 is 12.2 Å². The van der Waals surface area contributed by atoms with Crippen LogP contribution in [-0.4, -0.2) is 32.1 Å². The number of hydrogen-bond donors (Lipinski definition) is 1. The zero-order valence-corrected chi connectivity index (χ0v) is 13.6. The lowest BCUT2D eigenvalue weighted by molar-refractivity contribution is -0.128. The number of aromatic amines is 1. The minimum Gasteiger partial charge on any atom is -0.338 e. The van der Waals surface area contributed by atoms with Gasteiger partial charge in [0.25, 0.3) is 0 Å². The molecule has 0 spiro atoms. The van der Waals surface area contributed by atoms with Gasteiger partial charge < -0.3 is 9.47 Å². The molecular formula is C16H20N4OS. The maximum Gasteiger partial charge on any atom is 0.223 e. The Morgan fingerprint density at radius 2 is 2.09 bits per heavy atom. The van der Waals surface area contributed by atoms with Crippen LogP contribution in [0.25, 0.3) is 0 Å². The summed E-state index contributed by atoms with van der Waals surface area (Å²) < 4.78 is 2.64. The van der Waals surface area contributed by atoms with Crippen LogP contribution in [0.3, 0.4) is 0 Å². The summed E-state index contributed by atoms with van der Waals surface area (Å²) in [4.78, 5) is 14.2. The number of rotatable bonds is 4. The zero-order chi connectivity index (χ0) is 15.7. The van der Waals surface area contributed by atoms with E-state index in [2.05, 4.69) is 24.0 Å². The molecule has 6 heteroatoms. The Bertz CT molecular complexity index is 719. The molecule has 0 saturated carbocycles. The first kappa shape index (κ1) is 15.0. The van der Waals surface area contributed by atoms with Crippen molar-refractivity contribution in [1.29, 1.82) is 0 Å². The first-order valence-electron chi connectivity index (χ1n) is 7.54. The number of H-pyrrole nitrogens is 1.